The SMILES string of the molecule is CC1CN(C(=O)c2cc3sc4ccccc4c3s2)CCN1.Cl. The van der Waals surface area contributed by atoms with Gasteiger partial charge in [0.1, 0.15) is 0 Å². The number of rotatable bonds is 1. The van der Waals surface area contributed by atoms with Crippen LogP contribution in [0.15, 0.2) is 30.3 Å². The lowest BCUT2D eigenvalue weighted by Gasteiger charge is -2.31. The maximum Gasteiger partial charge on any atom is 0.264 e. The number of fused-ring (bicyclic) bond motifs is 3. The molecule has 1 atom stereocenters. The molecule has 1 N–H and O–H groups in total. The molecule has 0 aliphatic carbocycles. The smallest absolute Gasteiger partial charge is 0.264 e. The Kier molecular flexibility index (Phi) is 4.41. The molecule has 6 heteroatoms. The van der Waals surface area contributed by atoms with E-state index >= 15 is 0 Å². The van der Waals surface area contributed by atoms with Crippen LogP contribution < -0.4 is 5.32 Å². The summed E-state index contributed by atoms with van der Waals surface area (Å²) in [6.07, 6.45) is 0. The molecule has 22 heavy (non-hydrogen) atoms. The van der Waals surface area contributed by atoms with Crippen molar-refractivity contribution >= 4 is 60.5 Å². The number of hydrogen-bond acceptors (Lipinski definition) is 4. The maximum atomic E-state index is 12.7. The molecular weight excluding hydrogens is 336 g/mol. The van der Waals surface area contributed by atoms with Gasteiger partial charge in [0, 0.05) is 40.5 Å². The maximum absolute atomic E-state index is 12.7. The quantitative estimate of drug-likeness (QED) is 0.718. The minimum absolute atomic E-state index is 0. The molecule has 0 radical (unpaired) electrons. The molecule has 1 aromatic carbocycles. The first-order valence-electron chi connectivity index (χ1n) is 7.16. The highest BCUT2D eigenvalue weighted by Gasteiger charge is 2.23. The highest BCUT2D eigenvalue weighted by atomic mass is 35.5. The summed E-state index contributed by atoms with van der Waals surface area (Å²) >= 11 is 3.41. The van der Waals surface area contributed by atoms with Crippen molar-refractivity contribution in [1.82, 2.24) is 10.2 Å². The molecule has 1 aliphatic rings. The van der Waals surface area contributed by atoms with Crippen molar-refractivity contribution in [3.05, 3.63) is 35.2 Å². The fourth-order valence-electron chi connectivity index (χ4n) is 2.88. The molecule has 2 aromatic heterocycles. The van der Waals surface area contributed by atoms with Gasteiger partial charge in [-0.05, 0) is 19.1 Å². The zero-order valence-corrected chi connectivity index (χ0v) is 14.6. The highest BCUT2D eigenvalue weighted by Crippen LogP contribution is 2.39. The predicted molar refractivity (Wildman–Crippen MR) is 97.8 cm³/mol. The second kappa shape index (κ2) is 6.16. The molecule has 1 unspecified atom stereocenters. The third-order valence-corrected chi connectivity index (χ3v) is 6.32. The highest BCUT2D eigenvalue weighted by molar-refractivity contribution is 7.33. The molecule has 116 valence electrons. The molecule has 1 amide bonds. The molecular formula is C16H17ClN2OS2. The van der Waals surface area contributed by atoms with Crippen molar-refractivity contribution in [3.63, 3.8) is 0 Å². The molecule has 0 spiro atoms. The number of carbonyl (C=O) groups excluding carboxylic acids is 1. The number of benzene rings is 1. The van der Waals surface area contributed by atoms with E-state index in [1.807, 2.05) is 4.90 Å². The van der Waals surface area contributed by atoms with Crippen LogP contribution in [0.25, 0.3) is 19.5 Å². The zero-order chi connectivity index (χ0) is 14.4. The van der Waals surface area contributed by atoms with E-state index in [1.54, 1.807) is 22.7 Å². The van der Waals surface area contributed by atoms with Crippen molar-refractivity contribution in [2.24, 2.45) is 0 Å². The van der Waals surface area contributed by atoms with Crippen LogP contribution in [-0.2, 0) is 0 Å². The summed E-state index contributed by atoms with van der Waals surface area (Å²) in [5, 5.41) is 4.65. The second-order valence-corrected chi connectivity index (χ2v) is 7.64. The number of halogens is 1. The topological polar surface area (TPSA) is 32.3 Å². The van der Waals surface area contributed by atoms with Gasteiger partial charge in [0.05, 0.1) is 9.58 Å². The lowest BCUT2D eigenvalue weighted by molar-refractivity contribution is 0.0714. The Morgan fingerprint density at radius 3 is 2.91 bits per heavy atom. The van der Waals surface area contributed by atoms with Crippen molar-refractivity contribution in [1.29, 1.82) is 0 Å². The van der Waals surface area contributed by atoms with Crippen LogP contribution in [0, 0.1) is 0 Å². The van der Waals surface area contributed by atoms with Crippen LogP contribution in [0.4, 0.5) is 0 Å². The van der Waals surface area contributed by atoms with Crippen LogP contribution >= 0.6 is 35.1 Å². The number of nitrogens with zero attached hydrogens (tertiary/aromatic N) is 1. The molecule has 4 rings (SSSR count). The summed E-state index contributed by atoms with van der Waals surface area (Å²) in [4.78, 5) is 15.5. The summed E-state index contributed by atoms with van der Waals surface area (Å²) in [7, 11) is 0. The van der Waals surface area contributed by atoms with Gasteiger partial charge < -0.3 is 10.2 Å². The van der Waals surface area contributed by atoms with E-state index < -0.39 is 0 Å². The van der Waals surface area contributed by atoms with Gasteiger partial charge in [-0.3, -0.25) is 4.79 Å². The van der Waals surface area contributed by atoms with Gasteiger partial charge in [0.25, 0.3) is 5.91 Å². The summed E-state index contributed by atoms with van der Waals surface area (Å²) in [6.45, 7) is 4.61. The van der Waals surface area contributed by atoms with E-state index in [2.05, 4.69) is 42.6 Å². The summed E-state index contributed by atoms with van der Waals surface area (Å²) in [5.41, 5.74) is 0. The number of thiophene rings is 2. The average molecular weight is 353 g/mol. The Labute approximate surface area is 143 Å². The van der Waals surface area contributed by atoms with Crippen LogP contribution in [-0.4, -0.2) is 36.5 Å². The van der Waals surface area contributed by atoms with Crippen molar-refractivity contribution < 1.29 is 4.79 Å². The van der Waals surface area contributed by atoms with Crippen molar-refractivity contribution in [3.8, 4) is 0 Å². The van der Waals surface area contributed by atoms with Gasteiger partial charge >= 0.3 is 0 Å². The predicted octanol–water partition coefficient (Wildman–Crippen LogP) is 3.97. The van der Waals surface area contributed by atoms with Crippen LogP contribution in [0.2, 0.25) is 0 Å². The molecule has 1 aliphatic heterocycles. The fourth-order valence-corrected chi connectivity index (χ4v) is 5.37. The van der Waals surface area contributed by atoms with Crippen molar-refractivity contribution in [2.75, 3.05) is 19.6 Å². The Balaban J connectivity index is 0.00000144. The monoisotopic (exact) mass is 352 g/mol. The number of nitrogens with one attached hydrogen (secondary N) is 1. The number of amides is 1. The first-order chi connectivity index (χ1) is 10.2. The van der Waals surface area contributed by atoms with E-state index in [0.29, 0.717) is 6.04 Å². The molecule has 0 bridgehead atoms. The van der Waals surface area contributed by atoms with Gasteiger partial charge in [-0.1, -0.05) is 18.2 Å². The van der Waals surface area contributed by atoms with E-state index in [-0.39, 0.29) is 18.3 Å². The Bertz CT molecular complexity index is 826. The second-order valence-electron chi connectivity index (χ2n) is 5.51. The van der Waals surface area contributed by atoms with Crippen molar-refractivity contribution in [2.45, 2.75) is 13.0 Å². The Morgan fingerprint density at radius 1 is 1.27 bits per heavy atom. The average Bonchev–Trinajstić information content (AvgIpc) is 3.04. The lowest BCUT2D eigenvalue weighted by atomic mass is 10.2. The Hall–Kier alpha value is -1.14. The first kappa shape index (κ1) is 15.7. The largest absolute Gasteiger partial charge is 0.335 e. The minimum atomic E-state index is 0. The number of carbonyl (C=O) groups is 1. The van der Waals surface area contributed by atoms with Crippen LogP contribution in [0.1, 0.15) is 16.6 Å². The summed E-state index contributed by atoms with van der Waals surface area (Å²) in [5.74, 6) is 0.181. The molecule has 3 heterocycles. The third-order valence-electron chi connectivity index (χ3n) is 3.92. The first-order valence-corrected chi connectivity index (χ1v) is 8.79. The normalized spacial score (nSPS) is 18.6. The molecule has 1 fully saturated rings. The lowest BCUT2D eigenvalue weighted by Crippen LogP contribution is -2.51. The molecule has 1 saturated heterocycles. The molecule has 3 nitrogen and oxygen atoms in total. The van der Waals surface area contributed by atoms with E-state index in [9.17, 15) is 4.79 Å². The van der Waals surface area contributed by atoms with Gasteiger partial charge in [-0.15, -0.1) is 35.1 Å². The summed E-state index contributed by atoms with van der Waals surface area (Å²) < 4.78 is 3.78. The third kappa shape index (κ3) is 2.63. The molecule has 3 aromatic rings. The Morgan fingerprint density at radius 2 is 2.09 bits per heavy atom. The standard InChI is InChI=1S/C16H16N2OS2.ClH/c1-10-9-18(7-6-17-10)16(19)14-8-13-15(21-14)11-4-2-3-5-12(11)20-13;/h2-5,8,10,17H,6-7,9H2,1H3;1H. The van der Waals surface area contributed by atoms with Gasteiger partial charge in [0.15, 0.2) is 0 Å². The fraction of sp³-hybridized carbons (Fsp3) is 0.312. The van der Waals surface area contributed by atoms with Crippen LogP contribution in [0.3, 0.4) is 0 Å². The number of piperazine rings is 1. The van der Waals surface area contributed by atoms with E-state index in [0.717, 1.165) is 24.5 Å². The molecule has 0 saturated carbocycles. The van der Waals surface area contributed by atoms with E-state index in [4.69, 9.17) is 0 Å². The zero-order valence-electron chi connectivity index (χ0n) is 12.2. The van der Waals surface area contributed by atoms with Gasteiger partial charge in [-0.25, -0.2) is 0 Å². The van der Waals surface area contributed by atoms with Gasteiger partial charge in [-0.2, -0.15) is 0 Å². The number of hydrogen-bond donors (Lipinski definition) is 1. The van der Waals surface area contributed by atoms with Gasteiger partial charge in [0.2, 0.25) is 0 Å². The van der Waals surface area contributed by atoms with Crippen LogP contribution in [0.5, 0.6) is 0 Å². The minimum Gasteiger partial charge on any atom is -0.335 e. The summed E-state index contributed by atoms with van der Waals surface area (Å²) in [6, 6.07) is 10.9. The van der Waals surface area contributed by atoms with E-state index in [1.165, 1.54) is 19.5 Å².